The number of nitrogens with one attached hydrogen (secondary N) is 2. The van der Waals surface area contributed by atoms with E-state index in [2.05, 4.69) is 206 Å². The van der Waals surface area contributed by atoms with Crippen molar-refractivity contribution in [2.75, 3.05) is 0 Å². The number of hydrogen-bond acceptors (Lipinski definition) is 2. The van der Waals surface area contributed by atoms with Gasteiger partial charge in [0.15, 0.2) is 0 Å². The fourth-order valence-corrected chi connectivity index (χ4v) is 8.68. The molecule has 10 rings (SSSR count). The van der Waals surface area contributed by atoms with Crippen LogP contribution in [0.5, 0.6) is 0 Å². The average Bonchev–Trinajstić information content (AvgIpc) is 3.45. The van der Waals surface area contributed by atoms with Gasteiger partial charge in [-0.2, -0.15) is 0 Å². The van der Waals surface area contributed by atoms with Crippen LogP contribution in [0, 0.1) is 0 Å². The molecule has 2 aliphatic rings. The zero-order valence-electron chi connectivity index (χ0n) is 30.0. The Labute approximate surface area is 311 Å². The Bertz CT molecular complexity index is 2720. The summed E-state index contributed by atoms with van der Waals surface area (Å²) in [5.41, 5.74) is 15.1. The van der Waals surface area contributed by atoms with Gasteiger partial charge >= 0.3 is 0 Å². The van der Waals surface area contributed by atoms with Crippen LogP contribution in [-0.4, -0.2) is 0 Å². The molecule has 0 saturated heterocycles. The molecule has 2 heteroatoms. The van der Waals surface area contributed by atoms with Crippen LogP contribution < -0.4 is 10.6 Å². The predicted molar refractivity (Wildman–Crippen MR) is 223 cm³/mol. The van der Waals surface area contributed by atoms with Crippen molar-refractivity contribution in [2.24, 2.45) is 0 Å². The van der Waals surface area contributed by atoms with E-state index in [0.717, 1.165) is 5.70 Å². The summed E-state index contributed by atoms with van der Waals surface area (Å²) in [5, 5.41) is 12.9. The van der Waals surface area contributed by atoms with Crippen LogP contribution in [0.25, 0.3) is 60.6 Å². The molecule has 2 unspecified atom stereocenters. The molecular formula is C51H40N2. The van der Waals surface area contributed by atoms with Crippen molar-refractivity contribution >= 4 is 27.2 Å². The van der Waals surface area contributed by atoms with Crippen molar-refractivity contribution in [3.05, 3.63) is 210 Å². The minimum Gasteiger partial charge on any atom is -0.366 e. The maximum Gasteiger partial charge on any atom is 0.104 e. The maximum absolute atomic E-state index is 3.92. The summed E-state index contributed by atoms with van der Waals surface area (Å²) in [6.45, 7) is 4.74. The van der Waals surface area contributed by atoms with Crippen LogP contribution >= 0.6 is 0 Å². The second-order valence-corrected chi connectivity index (χ2v) is 15.1. The van der Waals surface area contributed by atoms with E-state index >= 15 is 0 Å². The molecule has 8 aromatic rings. The van der Waals surface area contributed by atoms with Crippen LogP contribution in [0.3, 0.4) is 0 Å². The zero-order chi connectivity index (χ0) is 35.5. The van der Waals surface area contributed by atoms with E-state index in [4.69, 9.17) is 0 Å². The molecule has 2 atom stereocenters. The molecule has 0 bridgehead atoms. The summed E-state index contributed by atoms with van der Waals surface area (Å²) >= 11 is 0. The monoisotopic (exact) mass is 680 g/mol. The topological polar surface area (TPSA) is 24.1 Å². The van der Waals surface area contributed by atoms with Gasteiger partial charge in [0.1, 0.15) is 6.17 Å². The molecule has 0 aromatic heterocycles. The van der Waals surface area contributed by atoms with Crippen molar-refractivity contribution in [3.63, 3.8) is 0 Å². The van der Waals surface area contributed by atoms with Crippen LogP contribution in [0.1, 0.15) is 53.9 Å². The fourth-order valence-electron chi connectivity index (χ4n) is 8.68. The quantitative estimate of drug-likeness (QED) is 0.189. The second-order valence-electron chi connectivity index (χ2n) is 15.1. The summed E-state index contributed by atoms with van der Waals surface area (Å²) in [7, 11) is 0. The van der Waals surface area contributed by atoms with E-state index in [0.29, 0.717) is 0 Å². The first-order valence-corrected chi connectivity index (χ1v) is 18.7. The van der Waals surface area contributed by atoms with Crippen molar-refractivity contribution in [1.82, 2.24) is 10.6 Å². The highest BCUT2D eigenvalue weighted by atomic mass is 15.2. The van der Waals surface area contributed by atoms with Gasteiger partial charge in [0.2, 0.25) is 0 Å². The molecule has 2 nitrogen and oxygen atoms in total. The van der Waals surface area contributed by atoms with E-state index in [-0.39, 0.29) is 17.6 Å². The van der Waals surface area contributed by atoms with E-state index in [1.807, 2.05) is 0 Å². The molecule has 0 saturated carbocycles. The fraction of sp³-hybridized carbons (Fsp3) is 0.0980. The zero-order valence-corrected chi connectivity index (χ0v) is 30.0. The van der Waals surface area contributed by atoms with Crippen LogP contribution in [0.2, 0.25) is 0 Å². The molecule has 0 amide bonds. The Morgan fingerprint density at radius 3 is 1.91 bits per heavy atom. The van der Waals surface area contributed by atoms with Crippen LogP contribution in [0.15, 0.2) is 182 Å². The third kappa shape index (κ3) is 5.46. The Morgan fingerprint density at radius 1 is 0.434 bits per heavy atom. The lowest BCUT2D eigenvalue weighted by molar-refractivity contribution is 0.443. The van der Waals surface area contributed by atoms with E-state index in [1.165, 1.54) is 82.7 Å². The van der Waals surface area contributed by atoms with Crippen LogP contribution in [0.4, 0.5) is 0 Å². The highest BCUT2D eigenvalue weighted by Crippen LogP contribution is 2.53. The molecule has 0 radical (unpaired) electrons. The first kappa shape index (κ1) is 31.5. The van der Waals surface area contributed by atoms with Gasteiger partial charge in [-0.3, -0.25) is 5.32 Å². The largest absolute Gasteiger partial charge is 0.366 e. The van der Waals surface area contributed by atoms with E-state index < -0.39 is 0 Å². The van der Waals surface area contributed by atoms with Gasteiger partial charge in [-0.25, -0.2) is 0 Å². The van der Waals surface area contributed by atoms with Gasteiger partial charge < -0.3 is 5.32 Å². The lowest BCUT2D eigenvalue weighted by atomic mass is 9.81. The van der Waals surface area contributed by atoms with Gasteiger partial charge in [0, 0.05) is 11.1 Å². The summed E-state index contributed by atoms with van der Waals surface area (Å²) in [6.07, 6.45) is 2.30. The normalized spacial score (nSPS) is 17.2. The van der Waals surface area contributed by atoms with E-state index in [1.54, 1.807) is 0 Å². The van der Waals surface area contributed by atoms with Crippen LogP contribution in [-0.2, 0) is 5.41 Å². The minimum atomic E-state index is -0.0844. The highest BCUT2D eigenvalue weighted by Gasteiger charge is 2.37. The van der Waals surface area contributed by atoms with Gasteiger partial charge in [-0.15, -0.1) is 0 Å². The number of hydrogen-bond donors (Lipinski definition) is 2. The molecule has 53 heavy (non-hydrogen) atoms. The lowest BCUT2D eigenvalue weighted by Crippen LogP contribution is -2.39. The third-order valence-electron chi connectivity index (χ3n) is 11.5. The van der Waals surface area contributed by atoms with Gasteiger partial charge in [0.25, 0.3) is 0 Å². The molecule has 1 aliphatic heterocycles. The summed E-state index contributed by atoms with van der Waals surface area (Å²) < 4.78 is 0. The Hall–Kier alpha value is -6.22. The summed E-state index contributed by atoms with van der Waals surface area (Å²) in [5.74, 6) is 0. The molecule has 1 heterocycles. The Kier molecular flexibility index (Phi) is 7.42. The lowest BCUT2D eigenvalue weighted by Gasteiger charge is -2.33. The summed E-state index contributed by atoms with van der Waals surface area (Å²) in [6, 6.07) is 64.6. The first-order chi connectivity index (χ1) is 26.0. The van der Waals surface area contributed by atoms with Gasteiger partial charge in [-0.05, 0) is 119 Å². The first-order valence-electron chi connectivity index (χ1n) is 18.7. The highest BCUT2D eigenvalue weighted by molar-refractivity contribution is 5.98. The predicted octanol–water partition coefficient (Wildman–Crippen LogP) is 12.6. The Morgan fingerprint density at radius 2 is 1.08 bits per heavy atom. The van der Waals surface area contributed by atoms with Crippen molar-refractivity contribution in [3.8, 4) is 33.4 Å². The maximum atomic E-state index is 3.92. The van der Waals surface area contributed by atoms with E-state index in [9.17, 15) is 0 Å². The Balaban J connectivity index is 1.07. The molecule has 254 valence electrons. The number of rotatable bonds is 5. The molecule has 2 N–H and O–H groups in total. The smallest absolute Gasteiger partial charge is 0.104 e. The summed E-state index contributed by atoms with van der Waals surface area (Å²) in [4.78, 5) is 0. The standard InChI is InChI=1S/C51H40N2/c1-51(2)45-24-12-23-43(49(45)44-30-37-17-8-9-18-38(37)31-46(44)51)40-20-11-22-42(29-40)48-32-47(52-50(53-48)34-14-4-3-5-15-34)41-21-10-19-36(28-41)39-26-25-33-13-6-7-16-35(33)27-39/h3-32,47,50,52-53H,1-2H3. The third-order valence-corrected chi connectivity index (χ3v) is 11.5. The van der Waals surface area contributed by atoms with Crippen molar-refractivity contribution in [1.29, 1.82) is 0 Å². The van der Waals surface area contributed by atoms with Gasteiger partial charge in [0.05, 0.1) is 6.04 Å². The second kappa shape index (κ2) is 12.5. The molecule has 1 aliphatic carbocycles. The van der Waals surface area contributed by atoms with Crippen molar-refractivity contribution < 1.29 is 0 Å². The number of benzene rings is 8. The minimum absolute atomic E-state index is 0.00227. The molecular weight excluding hydrogens is 641 g/mol. The van der Waals surface area contributed by atoms with Gasteiger partial charge in [-0.1, -0.05) is 159 Å². The van der Waals surface area contributed by atoms with Crippen molar-refractivity contribution in [2.45, 2.75) is 31.5 Å². The molecule has 0 spiro atoms. The average molecular weight is 681 g/mol. The molecule has 0 fully saturated rings. The SMILES string of the molecule is CC1(C)c2cc3ccccc3cc2-c2c(-c3cccc(C4=CC(c5cccc(-c6ccc7ccccc7c6)c5)NC(c5ccccc5)N4)c3)cccc21. The number of fused-ring (bicyclic) bond motifs is 5. The molecule has 8 aromatic carbocycles.